The summed E-state index contributed by atoms with van der Waals surface area (Å²) in [5.41, 5.74) is 8.77. The summed E-state index contributed by atoms with van der Waals surface area (Å²) in [6.07, 6.45) is 4.96. The number of rotatable bonds is 6. The van der Waals surface area contributed by atoms with E-state index in [1.807, 2.05) is 36.4 Å². The molecule has 5 rings (SSSR count). The number of halogens is 1. The van der Waals surface area contributed by atoms with Gasteiger partial charge in [0.25, 0.3) is 0 Å². The van der Waals surface area contributed by atoms with Crippen molar-refractivity contribution in [2.75, 3.05) is 11.1 Å². The van der Waals surface area contributed by atoms with E-state index in [-0.39, 0.29) is 23.2 Å². The van der Waals surface area contributed by atoms with Gasteiger partial charge in [0.05, 0.1) is 11.0 Å². The molecule has 1 aliphatic carbocycles. The predicted octanol–water partition coefficient (Wildman–Crippen LogP) is 4.76. The number of aromatic nitrogens is 4. The molecule has 1 saturated carbocycles. The number of hydrogen-bond donors (Lipinski definition) is 2. The molecule has 1 atom stereocenters. The minimum Gasteiger partial charge on any atom is -0.382 e. The third-order valence-corrected chi connectivity index (χ3v) is 5.60. The van der Waals surface area contributed by atoms with Crippen molar-refractivity contribution in [1.82, 2.24) is 19.5 Å². The summed E-state index contributed by atoms with van der Waals surface area (Å²) < 4.78 is 17.2. The Balaban J connectivity index is 1.70. The lowest BCUT2D eigenvalue weighted by molar-refractivity contribution is 0.630. The van der Waals surface area contributed by atoms with E-state index in [1.165, 1.54) is 12.4 Å². The number of nitrogen functional groups attached to an aromatic ring is 1. The lowest BCUT2D eigenvalue weighted by atomic mass is 10.0. The fraction of sp³-hybridized carbons (Fsp3) is 0.167. The highest BCUT2D eigenvalue weighted by molar-refractivity contribution is 5.93. The Kier molecular flexibility index (Phi) is 4.79. The van der Waals surface area contributed by atoms with Gasteiger partial charge in [0.15, 0.2) is 0 Å². The van der Waals surface area contributed by atoms with Crippen LogP contribution >= 0.6 is 0 Å². The van der Waals surface area contributed by atoms with Crippen molar-refractivity contribution in [2.45, 2.75) is 24.9 Å². The van der Waals surface area contributed by atoms with E-state index in [0.717, 1.165) is 23.9 Å². The third kappa shape index (κ3) is 3.24. The SMILES string of the molecule is C=C[C@H](Nc1ncnc(N)c1C#N)c1nc2ccc(F)c(-c3ccccc3)c2n1C1CC1. The van der Waals surface area contributed by atoms with E-state index < -0.39 is 6.04 Å². The average Bonchev–Trinajstić information content (AvgIpc) is 3.58. The van der Waals surface area contributed by atoms with Crippen LogP contribution in [0.15, 0.2) is 61.4 Å². The van der Waals surface area contributed by atoms with Gasteiger partial charge in [-0.1, -0.05) is 36.4 Å². The molecule has 0 aliphatic heterocycles. The fourth-order valence-corrected chi connectivity index (χ4v) is 3.98. The quantitative estimate of drug-likeness (QED) is 0.432. The normalized spacial score (nSPS) is 14.1. The zero-order valence-corrected chi connectivity index (χ0v) is 17.2. The van der Waals surface area contributed by atoms with Crippen molar-refractivity contribution in [3.05, 3.63) is 78.7 Å². The molecule has 0 spiro atoms. The zero-order valence-electron chi connectivity index (χ0n) is 17.2. The van der Waals surface area contributed by atoms with E-state index >= 15 is 4.39 Å². The molecule has 0 bridgehead atoms. The molecule has 2 aromatic heterocycles. The number of fused-ring (bicyclic) bond motifs is 1. The minimum atomic E-state index is -0.476. The van der Waals surface area contributed by atoms with Gasteiger partial charge >= 0.3 is 0 Å². The monoisotopic (exact) mass is 425 g/mol. The van der Waals surface area contributed by atoms with E-state index in [2.05, 4.69) is 26.4 Å². The molecule has 2 aromatic carbocycles. The first kappa shape index (κ1) is 19.7. The van der Waals surface area contributed by atoms with Crippen LogP contribution in [0.25, 0.3) is 22.2 Å². The maximum atomic E-state index is 15.1. The Hall–Kier alpha value is -4.25. The Morgan fingerprint density at radius 3 is 2.69 bits per heavy atom. The maximum absolute atomic E-state index is 15.1. The Morgan fingerprint density at radius 1 is 1.22 bits per heavy atom. The van der Waals surface area contributed by atoms with Crippen LogP contribution in [-0.2, 0) is 0 Å². The molecule has 32 heavy (non-hydrogen) atoms. The van der Waals surface area contributed by atoms with Crippen LogP contribution in [0.5, 0.6) is 0 Å². The maximum Gasteiger partial charge on any atom is 0.150 e. The van der Waals surface area contributed by atoms with Gasteiger partial charge in [0.2, 0.25) is 0 Å². The average molecular weight is 425 g/mol. The summed E-state index contributed by atoms with van der Waals surface area (Å²) in [5.74, 6) is 0.780. The second kappa shape index (κ2) is 7.78. The largest absolute Gasteiger partial charge is 0.382 e. The summed E-state index contributed by atoms with van der Waals surface area (Å²) in [5, 5.41) is 12.7. The molecular formula is C24H20FN7. The molecule has 2 heterocycles. The number of nitriles is 1. The van der Waals surface area contributed by atoms with Gasteiger partial charge in [-0.2, -0.15) is 5.26 Å². The second-order valence-corrected chi connectivity index (χ2v) is 7.68. The van der Waals surface area contributed by atoms with E-state index in [9.17, 15) is 5.26 Å². The molecule has 1 fully saturated rings. The highest BCUT2D eigenvalue weighted by Crippen LogP contribution is 2.43. The fourth-order valence-electron chi connectivity index (χ4n) is 3.98. The van der Waals surface area contributed by atoms with Crippen LogP contribution in [0.2, 0.25) is 0 Å². The van der Waals surface area contributed by atoms with Crippen LogP contribution in [0, 0.1) is 17.1 Å². The van der Waals surface area contributed by atoms with Gasteiger partial charge < -0.3 is 15.6 Å². The summed E-state index contributed by atoms with van der Waals surface area (Å²) in [6, 6.07) is 14.4. The topological polar surface area (TPSA) is 105 Å². The Morgan fingerprint density at radius 2 is 2.00 bits per heavy atom. The van der Waals surface area contributed by atoms with Crippen molar-refractivity contribution in [3.8, 4) is 17.2 Å². The van der Waals surface area contributed by atoms with Crippen molar-refractivity contribution >= 4 is 22.7 Å². The van der Waals surface area contributed by atoms with Gasteiger partial charge in [-0.3, -0.25) is 0 Å². The van der Waals surface area contributed by atoms with Crippen LogP contribution in [0.1, 0.15) is 36.3 Å². The number of anilines is 2. The molecule has 0 amide bonds. The standard InChI is InChI=1S/C24H20FN7/c1-2-18(30-23-16(12-26)22(27)28-13-29-23)24-31-19-11-10-17(25)20(14-6-4-3-5-7-14)21(19)32(24)15-8-9-15/h2-7,10-11,13,15,18H,1,8-9H2,(H3,27,28,29,30)/t18-/m0/s1. The third-order valence-electron chi connectivity index (χ3n) is 5.60. The molecule has 7 nitrogen and oxygen atoms in total. The van der Waals surface area contributed by atoms with Gasteiger partial charge in [-0.15, -0.1) is 6.58 Å². The molecule has 0 saturated heterocycles. The van der Waals surface area contributed by atoms with E-state index in [4.69, 9.17) is 10.7 Å². The number of imidazole rings is 1. The Bertz CT molecular complexity index is 1370. The lowest BCUT2D eigenvalue weighted by Gasteiger charge is -2.19. The van der Waals surface area contributed by atoms with Crippen LogP contribution in [-0.4, -0.2) is 19.5 Å². The first-order chi connectivity index (χ1) is 15.6. The number of nitrogens with two attached hydrogens (primary N) is 1. The van der Waals surface area contributed by atoms with Crippen molar-refractivity contribution < 1.29 is 4.39 Å². The summed E-state index contributed by atoms with van der Waals surface area (Å²) in [4.78, 5) is 12.9. The lowest BCUT2D eigenvalue weighted by Crippen LogP contribution is -2.16. The van der Waals surface area contributed by atoms with Gasteiger partial charge in [0.1, 0.15) is 47.3 Å². The molecule has 8 heteroatoms. The number of hydrogen-bond acceptors (Lipinski definition) is 6. The highest BCUT2D eigenvalue weighted by atomic mass is 19.1. The Labute approximate surface area is 184 Å². The van der Waals surface area contributed by atoms with Gasteiger partial charge in [0, 0.05) is 11.6 Å². The van der Waals surface area contributed by atoms with Crippen molar-refractivity contribution in [3.63, 3.8) is 0 Å². The molecule has 0 unspecified atom stereocenters. The molecule has 4 aromatic rings. The molecular weight excluding hydrogens is 405 g/mol. The van der Waals surface area contributed by atoms with Gasteiger partial charge in [-0.05, 0) is 30.5 Å². The van der Waals surface area contributed by atoms with E-state index in [0.29, 0.717) is 22.7 Å². The molecule has 158 valence electrons. The molecule has 1 aliphatic rings. The molecule has 0 radical (unpaired) electrons. The minimum absolute atomic E-state index is 0.0944. The smallest absolute Gasteiger partial charge is 0.150 e. The number of benzene rings is 2. The first-order valence-corrected chi connectivity index (χ1v) is 10.3. The highest BCUT2D eigenvalue weighted by Gasteiger charge is 2.32. The summed E-state index contributed by atoms with van der Waals surface area (Å²) >= 11 is 0. The van der Waals surface area contributed by atoms with Crippen molar-refractivity contribution in [2.24, 2.45) is 0 Å². The van der Waals surface area contributed by atoms with E-state index in [1.54, 1.807) is 12.1 Å². The van der Waals surface area contributed by atoms with Crippen LogP contribution in [0.3, 0.4) is 0 Å². The van der Waals surface area contributed by atoms with Crippen LogP contribution in [0.4, 0.5) is 16.0 Å². The predicted molar refractivity (Wildman–Crippen MR) is 121 cm³/mol. The van der Waals surface area contributed by atoms with Gasteiger partial charge in [-0.25, -0.2) is 19.3 Å². The summed E-state index contributed by atoms with van der Waals surface area (Å²) in [6.45, 7) is 3.95. The molecule has 3 N–H and O–H groups in total. The number of nitrogens with one attached hydrogen (secondary N) is 1. The van der Waals surface area contributed by atoms with Crippen LogP contribution < -0.4 is 11.1 Å². The number of nitrogens with zero attached hydrogens (tertiary/aromatic N) is 5. The van der Waals surface area contributed by atoms with Crippen molar-refractivity contribution in [1.29, 1.82) is 5.26 Å². The first-order valence-electron chi connectivity index (χ1n) is 10.3. The zero-order chi connectivity index (χ0) is 22.2. The second-order valence-electron chi connectivity index (χ2n) is 7.68. The summed E-state index contributed by atoms with van der Waals surface area (Å²) in [7, 11) is 0.